The third-order valence-electron chi connectivity index (χ3n) is 3.04. The Morgan fingerprint density at radius 3 is 2.78 bits per heavy atom. The van der Waals surface area contributed by atoms with Crippen LogP contribution < -0.4 is 15.4 Å². The normalized spacial score (nSPS) is 11.6. The average Bonchev–Trinajstić information content (AvgIpc) is 2.53. The third kappa shape index (κ3) is 5.60. The largest absolute Gasteiger partial charge is 0.489 e. The molecule has 0 aliphatic rings. The Hall–Kier alpha value is -2.60. The van der Waals surface area contributed by atoms with Gasteiger partial charge >= 0.3 is 6.03 Å². The smallest absolute Gasteiger partial charge is 0.319 e. The number of aliphatic hydroxyl groups excluding tert-OH is 1. The van der Waals surface area contributed by atoms with Crippen molar-refractivity contribution in [3.05, 3.63) is 59.9 Å². The molecule has 5 nitrogen and oxygen atoms in total. The molecule has 122 valence electrons. The minimum absolute atomic E-state index is 0.135. The number of nitrogens with one attached hydrogen (secondary N) is 2. The fourth-order valence-electron chi connectivity index (χ4n) is 1.89. The number of rotatable bonds is 6. The molecule has 0 radical (unpaired) electrons. The molecule has 0 aliphatic carbocycles. The predicted molar refractivity (Wildman–Crippen MR) is 85.9 cm³/mol. The van der Waals surface area contributed by atoms with Gasteiger partial charge in [-0.05, 0) is 36.8 Å². The molecule has 2 amide bonds. The molecule has 0 fully saturated rings. The molecule has 3 N–H and O–H groups in total. The van der Waals surface area contributed by atoms with Gasteiger partial charge in [0.1, 0.15) is 18.2 Å². The zero-order valence-corrected chi connectivity index (χ0v) is 12.8. The fraction of sp³-hybridized carbons (Fsp3) is 0.235. The maximum absolute atomic E-state index is 13.1. The van der Waals surface area contributed by atoms with E-state index >= 15 is 0 Å². The van der Waals surface area contributed by atoms with Crippen LogP contribution in [0.5, 0.6) is 5.75 Å². The van der Waals surface area contributed by atoms with E-state index in [1.807, 2.05) is 0 Å². The summed E-state index contributed by atoms with van der Waals surface area (Å²) in [4.78, 5) is 11.7. The van der Waals surface area contributed by atoms with Crippen LogP contribution in [-0.4, -0.2) is 23.8 Å². The lowest BCUT2D eigenvalue weighted by atomic mass is 10.2. The first kappa shape index (κ1) is 16.8. The van der Waals surface area contributed by atoms with Crippen molar-refractivity contribution < 1.29 is 19.0 Å². The van der Waals surface area contributed by atoms with E-state index in [1.54, 1.807) is 43.3 Å². The van der Waals surface area contributed by atoms with Gasteiger partial charge in [0.2, 0.25) is 0 Å². The van der Waals surface area contributed by atoms with Gasteiger partial charge in [-0.2, -0.15) is 0 Å². The van der Waals surface area contributed by atoms with Gasteiger partial charge in [0.25, 0.3) is 0 Å². The lowest BCUT2D eigenvalue weighted by Gasteiger charge is -2.13. The summed E-state index contributed by atoms with van der Waals surface area (Å²) < 4.78 is 18.7. The molecule has 2 aromatic rings. The maximum atomic E-state index is 13.1. The minimum atomic E-state index is -0.408. The highest BCUT2D eigenvalue weighted by atomic mass is 19.1. The van der Waals surface area contributed by atoms with E-state index in [0.717, 1.165) is 5.56 Å². The molecular formula is C17H19FN2O3. The van der Waals surface area contributed by atoms with Crippen molar-refractivity contribution in [2.45, 2.75) is 19.6 Å². The Balaban J connectivity index is 1.93. The number of aliphatic hydroxyl groups is 1. The molecule has 1 atom stereocenters. The zero-order chi connectivity index (χ0) is 16.7. The first-order chi connectivity index (χ1) is 11.1. The molecule has 1 unspecified atom stereocenters. The highest BCUT2D eigenvalue weighted by molar-refractivity contribution is 5.89. The summed E-state index contributed by atoms with van der Waals surface area (Å²) in [5, 5.41) is 14.1. The minimum Gasteiger partial charge on any atom is -0.489 e. The highest BCUT2D eigenvalue weighted by Gasteiger charge is 2.06. The van der Waals surface area contributed by atoms with Gasteiger partial charge in [0.05, 0.1) is 12.6 Å². The number of carbonyl (C=O) groups excluding carboxylic acids is 1. The topological polar surface area (TPSA) is 70.6 Å². The molecule has 0 spiro atoms. The second-order valence-electron chi connectivity index (χ2n) is 5.13. The Morgan fingerprint density at radius 1 is 1.26 bits per heavy atom. The van der Waals surface area contributed by atoms with E-state index in [0.29, 0.717) is 11.4 Å². The van der Waals surface area contributed by atoms with Crippen LogP contribution in [0.4, 0.5) is 14.9 Å². The van der Waals surface area contributed by atoms with E-state index in [1.165, 1.54) is 12.1 Å². The highest BCUT2D eigenvalue weighted by Crippen LogP contribution is 2.18. The summed E-state index contributed by atoms with van der Waals surface area (Å²) in [6.07, 6.45) is 0. The van der Waals surface area contributed by atoms with Crippen molar-refractivity contribution in [1.82, 2.24) is 5.32 Å². The first-order valence-electron chi connectivity index (χ1n) is 7.22. The molecule has 0 heterocycles. The molecule has 0 aliphatic heterocycles. The van der Waals surface area contributed by atoms with E-state index in [2.05, 4.69) is 10.6 Å². The molecule has 0 saturated heterocycles. The molecule has 0 aromatic heterocycles. The summed E-state index contributed by atoms with van der Waals surface area (Å²) in [5.41, 5.74) is 1.28. The number of carbonyl (C=O) groups is 1. The van der Waals surface area contributed by atoms with Crippen LogP contribution in [0.2, 0.25) is 0 Å². The van der Waals surface area contributed by atoms with Crippen LogP contribution in [0, 0.1) is 5.82 Å². The van der Waals surface area contributed by atoms with Gasteiger partial charge in [-0.15, -0.1) is 0 Å². The molecule has 0 saturated carbocycles. The number of anilines is 1. The number of urea groups is 1. The summed E-state index contributed by atoms with van der Waals surface area (Å²) in [6, 6.07) is 12.3. The molecule has 2 aromatic carbocycles. The standard InChI is InChI=1S/C17H19FN2O3/c1-12(10-21)19-17(22)20-15-6-3-7-16(9-15)23-11-13-4-2-5-14(18)8-13/h2-9,12,21H,10-11H2,1H3,(H2,19,20,22). The summed E-state index contributed by atoms with van der Waals surface area (Å²) in [7, 11) is 0. The fourth-order valence-corrected chi connectivity index (χ4v) is 1.89. The van der Waals surface area contributed by atoms with Crippen molar-refractivity contribution >= 4 is 11.7 Å². The second-order valence-corrected chi connectivity index (χ2v) is 5.13. The second kappa shape index (κ2) is 8.14. The van der Waals surface area contributed by atoms with Crippen LogP contribution in [0.3, 0.4) is 0 Å². The predicted octanol–water partition coefficient (Wildman–Crippen LogP) is 2.91. The zero-order valence-electron chi connectivity index (χ0n) is 12.8. The van der Waals surface area contributed by atoms with E-state index in [4.69, 9.17) is 9.84 Å². The van der Waals surface area contributed by atoms with Crippen LogP contribution in [0.25, 0.3) is 0 Å². The molecular weight excluding hydrogens is 299 g/mol. The van der Waals surface area contributed by atoms with Crippen LogP contribution >= 0.6 is 0 Å². The maximum Gasteiger partial charge on any atom is 0.319 e. The van der Waals surface area contributed by atoms with E-state index < -0.39 is 6.03 Å². The molecule has 23 heavy (non-hydrogen) atoms. The number of benzene rings is 2. The van der Waals surface area contributed by atoms with Crippen molar-refractivity contribution in [3.8, 4) is 5.75 Å². The molecule has 0 bridgehead atoms. The Kier molecular flexibility index (Phi) is 5.94. The monoisotopic (exact) mass is 318 g/mol. The summed E-state index contributed by atoms with van der Waals surface area (Å²) in [5.74, 6) is 0.249. The van der Waals surface area contributed by atoms with Gasteiger partial charge in [0.15, 0.2) is 0 Å². The SMILES string of the molecule is CC(CO)NC(=O)Nc1cccc(OCc2cccc(F)c2)c1. The van der Waals surface area contributed by atoms with Gasteiger partial charge in [-0.1, -0.05) is 18.2 Å². The number of amides is 2. The van der Waals surface area contributed by atoms with Gasteiger partial charge in [-0.3, -0.25) is 0 Å². The Labute approximate surface area is 134 Å². The van der Waals surface area contributed by atoms with Crippen LogP contribution in [0.1, 0.15) is 12.5 Å². The number of hydrogen-bond donors (Lipinski definition) is 3. The summed E-state index contributed by atoms with van der Waals surface area (Å²) >= 11 is 0. The number of ether oxygens (including phenoxy) is 1. The van der Waals surface area contributed by atoms with Crippen LogP contribution in [0.15, 0.2) is 48.5 Å². The number of hydrogen-bond acceptors (Lipinski definition) is 3. The van der Waals surface area contributed by atoms with Crippen LogP contribution in [-0.2, 0) is 6.61 Å². The summed E-state index contributed by atoms with van der Waals surface area (Å²) in [6.45, 7) is 1.79. The average molecular weight is 318 g/mol. The van der Waals surface area contributed by atoms with Gasteiger partial charge in [-0.25, -0.2) is 9.18 Å². The van der Waals surface area contributed by atoms with Gasteiger partial charge < -0.3 is 20.5 Å². The van der Waals surface area contributed by atoms with E-state index in [-0.39, 0.29) is 25.1 Å². The quantitative estimate of drug-likeness (QED) is 0.767. The third-order valence-corrected chi connectivity index (χ3v) is 3.04. The number of halogens is 1. The van der Waals surface area contributed by atoms with Crippen molar-refractivity contribution in [2.75, 3.05) is 11.9 Å². The van der Waals surface area contributed by atoms with Crippen molar-refractivity contribution in [1.29, 1.82) is 0 Å². The van der Waals surface area contributed by atoms with Crippen molar-refractivity contribution in [3.63, 3.8) is 0 Å². The van der Waals surface area contributed by atoms with E-state index in [9.17, 15) is 9.18 Å². The molecule has 2 rings (SSSR count). The van der Waals surface area contributed by atoms with Crippen molar-refractivity contribution in [2.24, 2.45) is 0 Å². The lowest BCUT2D eigenvalue weighted by molar-refractivity contribution is 0.229. The lowest BCUT2D eigenvalue weighted by Crippen LogP contribution is -2.38. The Morgan fingerprint density at radius 2 is 2.04 bits per heavy atom. The Bertz CT molecular complexity index is 664. The van der Waals surface area contributed by atoms with Gasteiger partial charge in [0, 0.05) is 11.8 Å². The molecule has 6 heteroatoms. The first-order valence-corrected chi connectivity index (χ1v) is 7.22.